The number of hydrogen-bond donors (Lipinski definition) is 2. The molecule has 7 nitrogen and oxygen atoms in total. The van der Waals surface area contributed by atoms with Gasteiger partial charge in [-0.3, -0.25) is 9.59 Å². The van der Waals surface area contributed by atoms with Crippen molar-refractivity contribution >= 4 is 28.4 Å². The molecule has 0 unspecified atom stereocenters. The molecule has 2 amide bonds. The van der Waals surface area contributed by atoms with E-state index in [0.29, 0.717) is 34.5 Å². The van der Waals surface area contributed by atoms with Gasteiger partial charge in [-0.2, -0.15) is 0 Å². The van der Waals surface area contributed by atoms with Crippen molar-refractivity contribution in [1.29, 1.82) is 0 Å². The smallest absolute Gasteiger partial charge is 0.255 e. The van der Waals surface area contributed by atoms with Gasteiger partial charge < -0.3 is 20.5 Å². The van der Waals surface area contributed by atoms with Gasteiger partial charge in [-0.15, -0.1) is 0 Å². The summed E-state index contributed by atoms with van der Waals surface area (Å²) in [5, 5.41) is 3.47. The highest BCUT2D eigenvalue weighted by Crippen LogP contribution is 2.32. The number of primary amides is 1. The molecule has 0 aliphatic heterocycles. The van der Waals surface area contributed by atoms with Gasteiger partial charge in [0.15, 0.2) is 0 Å². The molecular weight excluding hydrogens is 418 g/mol. The van der Waals surface area contributed by atoms with Crippen molar-refractivity contribution in [3.8, 4) is 22.8 Å². The molecule has 7 heteroatoms. The molecule has 0 saturated carbocycles. The van der Waals surface area contributed by atoms with Crippen LogP contribution in [0.1, 0.15) is 27.6 Å². The van der Waals surface area contributed by atoms with Gasteiger partial charge in [0.25, 0.3) is 11.8 Å². The first-order valence-electron chi connectivity index (χ1n) is 10.4. The Labute approximate surface area is 191 Å². The van der Waals surface area contributed by atoms with Gasteiger partial charge in [-0.05, 0) is 49.4 Å². The summed E-state index contributed by atoms with van der Waals surface area (Å²) in [6.07, 6.45) is 0. The summed E-state index contributed by atoms with van der Waals surface area (Å²) in [5.74, 6) is 0.366. The average molecular weight is 441 g/mol. The number of amides is 2. The molecule has 1 heterocycles. The first kappa shape index (κ1) is 21.8. The Morgan fingerprint density at radius 3 is 2.58 bits per heavy atom. The third-order valence-electron chi connectivity index (χ3n) is 5.14. The lowest BCUT2D eigenvalue weighted by Crippen LogP contribution is -2.18. The van der Waals surface area contributed by atoms with Crippen LogP contribution in [-0.2, 0) is 0 Å². The molecule has 3 N–H and O–H groups in total. The van der Waals surface area contributed by atoms with E-state index >= 15 is 0 Å². The van der Waals surface area contributed by atoms with Crippen LogP contribution in [0.5, 0.6) is 11.5 Å². The molecule has 4 aromatic rings. The number of rotatable bonds is 7. The van der Waals surface area contributed by atoms with Crippen molar-refractivity contribution in [3.63, 3.8) is 0 Å². The number of methoxy groups -OCH3 is 1. The topological polar surface area (TPSA) is 104 Å². The van der Waals surface area contributed by atoms with E-state index in [1.165, 1.54) is 0 Å². The van der Waals surface area contributed by atoms with Crippen LogP contribution >= 0.6 is 0 Å². The highest BCUT2D eigenvalue weighted by atomic mass is 16.5. The summed E-state index contributed by atoms with van der Waals surface area (Å²) >= 11 is 0. The van der Waals surface area contributed by atoms with E-state index in [2.05, 4.69) is 5.32 Å². The fraction of sp³-hybridized carbons (Fsp3) is 0.115. The maximum Gasteiger partial charge on any atom is 0.255 e. The van der Waals surface area contributed by atoms with Crippen LogP contribution in [-0.4, -0.2) is 30.5 Å². The Kier molecular flexibility index (Phi) is 6.22. The number of anilines is 1. The van der Waals surface area contributed by atoms with E-state index in [-0.39, 0.29) is 11.5 Å². The summed E-state index contributed by atoms with van der Waals surface area (Å²) < 4.78 is 11.2. The monoisotopic (exact) mass is 441 g/mol. The van der Waals surface area contributed by atoms with Crippen LogP contribution in [0.15, 0.2) is 72.8 Å². The summed E-state index contributed by atoms with van der Waals surface area (Å²) in [5.41, 5.74) is 8.72. The largest absolute Gasteiger partial charge is 0.497 e. The zero-order chi connectivity index (χ0) is 23.4. The van der Waals surface area contributed by atoms with Gasteiger partial charge in [0.05, 0.1) is 36.2 Å². The van der Waals surface area contributed by atoms with E-state index in [4.69, 9.17) is 20.2 Å². The Balaban J connectivity index is 1.73. The summed E-state index contributed by atoms with van der Waals surface area (Å²) in [4.78, 5) is 29.3. The molecule has 166 valence electrons. The van der Waals surface area contributed by atoms with E-state index in [1.54, 1.807) is 49.6 Å². The zero-order valence-electron chi connectivity index (χ0n) is 18.3. The van der Waals surface area contributed by atoms with E-state index in [9.17, 15) is 9.59 Å². The highest BCUT2D eigenvalue weighted by molar-refractivity contribution is 6.10. The first-order chi connectivity index (χ1) is 16.0. The van der Waals surface area contributed by atoms with Crippen LogP contribution in [0.2, 0.25) is 0 Å². The normalized spacial score (nSPS) is 10.6. The number of aromatic nitrogens is 1. The minimum absolute atomic E-state index is 0.242. The predicted molar refractivity (Wildman–Crippen MR) is 128 cm³/mol. The molecule has 0 bridgehead atoms. The maximum absolute atomic E-state index is 12.9. The van der Waals surface area contributed by atoms with Crippen LogP contribution < -0.4 is 20.5 Å². The number of para-hydroxylation sites is 1. The third-order valence-corrected chi connectivity index (χ3v) is 5.14. The van der Waals surface area contributed by atoms with Gasteiger partial charge in [-0.25, -0.2) is 4.98 Å². The number of benzene rings is 3. The molecule has 0 aliphatic carbocycles. The second-order valence-electron chi connectivity index (χ2n) is 7.27. The fourth-order valence-corrected chi connectivity index (χ4v) is 3.54. The third kappa shape index (κ3) is 4.62. The van der Waals surface area contributed by atoms with E-state index in [0.717, 1.165) is 17.0 Å². The van der Waals surface area contributed by atoms with Gasteiger partial charge >= 0.3 is 0 Å². The SMILES string of the molecule is CCOc1cc(-c2cccc(OC)c2)nc2ccc(C(=O)Nc3ccccc3C(N)=O)cc12. The molecule has 0 saturated heterocycles. The van der Waals surface area contributed by atoms with Crippen molar-refractivity contribution in [3.05, 3.63) is 83.9 Å². The Morgan fingerprint density at radius 1 is 1.00 bits per heavy atom. The molecule has 33 heavy (non-hydrogen) atoms. The number of pyridine rings is 1. The van der Waals surface area contributed by atoms with Gasteiger partial charge in [-0.1, -0.05) is 24.3 Å². The van der Waals surface area contributed by atoms with Crippen LogP contribution in [0.3, 0.4) is 0 Å². The lowest BCUT2D eigenvalue weighted by atomic mass is 10.1. The summed E-state index contributed by atoms with van der Waals surface area (Å²) in [6.45, 7) is 2.36. The number of hydrogen-bond acceptors (Lipinski definition) is 5. The molecule has 3 aromatic carbocycles. The fourth-order valence-electron chi connectivity index (χ4n) is 3.54. The molecular formula is C26H23N3O4. The molecule has 0 fully saturated rings. The quantitative estimate of drug-likeness (QED) is 0.434. The van der Waals surface area contributed by atoms with Crippen molar-refractivity contribution < 1.29 is 19.1 Å². The van der Waals surface area contributed by atoms with Crippen molar-refractivity contribution in [2.45, 2.75) is 6.92 Å². The lowest BCUT2D eigenvalue weighted by Gasteiger charge is -2.13. The van der Waals surface area contributed by atoms with Gasteiger partial charge in [0.1, 0.15) is 11.5 Å². The van der Waals surface area contributed by atoms with Crippen LogP contribution in [0.4, 0.5) is 5.69 Å². The Bertz CT molecular complexity index is 1350. The lowest BCUT2D eigenvalue weighted by molar-refractivity contribution is 0.100. The van der Waals surface area contributed by atoms with E-state index in [1.807, 2.05) is 37.3 Å². The molecule has 1 aromatic heterocycles. The minimum atomic E-state index is -0.614. The maximum atomic E-state index is 12.9. The summed E-state index contributed by atoms with van der Waals surface area (Å²) in [6, 6.07) is 21.3. The second kappa shape index (κ2) is 9.40. The zero-order valence-corrected chi connectivity index (χ0v) is 18.3. The molecule has 0 radical (unpaired) electrons. The number of nitrogens with zero attached hydrogens (tertiary/aromatic N) is 1. The molecule has 0 spiro atoms. The molecule has 0 atom stereocenters. The van der Waals surface area contributed by atoms with Crippen molar-refractivity contribution in [2.75, 3.05) is 19.0 Å². The highest BCUT2D eigenvalue weighted by Gasteiger charge is 2.15. The number of nitrogens with two attached hydrogens (primary N) is 1. The molecule has 0 aliphatic rings. The van der Waals surface area contributed by atoms with Gasteiger partial charge in [0, 0.05) is 22.6 Å². The standard InChI is InChI=1S/C26H23N3O4/c1-3-33-24-15-23(16-7-6-8-18(13-16)32-2)28-22-12-11-17(14-20(22)24)26(31)29-21-10-5-4-9-19(21)25(27)30/h4-15H,3H2,1-2H3,(H2,27,30)(H,29,31). The van der Waals surface area contributed by atoms with Crippen molar-refractivity contribution in [2.24, 2.45) is 5.73 Å². The Morgan fingerprint density at radius 2 is 1.82 bits per heavy atom. The van der Waals surface area contributed by atoms with Crippen LogP contribution in [0, 0.1) is 0 Å². The summed E-state index contributed by atoms with van der Waals surface area (Å²) in [7, 11) is 1.62. The van der Waals surface area contributed by atoms with Gasteiger partial charge in [0.2, 0.25) is 0 Å². The first-order valence-corrected chi connectivity index (χ1v) is 10.4. The number of carbonyl (C=O) groups excluding carboxylic acids is 2. The average Bonchev–Trinajstić information content (AvgIpc) is 2.84. The Hall–Kier alpha value is -4.39. The number of carbonyl (C=O) groups is 2. The minimum Gasteiger partial charge on any atom is -0.497 e. The second-order valence-corrected chi connectivity index (χ2v) is 7.27. The van der Waals surface area contributed by atoms with E-state index < -0.39 is 5.91 Å². The number of fused-ring (bicyclic) bond motifs is 1. The predicted octanol–water partition coefficient (Wildman–Crippen LogP) is 4.66. The number of ether oxygens (including phenoxy) is 2. The number of nitrogens with one attached hydrogen (secondary N) is 1. The van der Waals surface area contributed by atoms with Crippen molar-refractivity contribution in [1.82, 2.24) is 4.98 Å². The van der Waals surface area contributed by atoms with Crippen LogP contribution in [0.25, 0.3) is 22.2 Å². The molecule has 4 rings (SSSR count).